The molecule has 1 aliphatic heterocycles. The molecule has 11 heavy (non-hydrogen) atoms. The summed E-state index contributed by atoms with van der Waals surface area (Å²) in [7, 11) is 0. The van der Waals surface area contributed by atoms with Crippen molar-refractivity contribution >= 4 is 11.4 Å². The van der Waals surface area contributed by atoms with Gasteiger partial charge in [-0.1, -0.05) is 6.07 Å². The summed E-state index contributed by atoms with van der Waals surface area (Å²) in [5.74, 6) is 0. The Morgan fingerprint density at radius 2 is 2.27 bits per heavy atom. The van der Waals surface area contributed by atoms with Gasteiger partial charge in [0.2, 0.25) is 0 Å². The summed E-state index contributed by atoms with van der Waals surface area (Å²) in [6.07, 6.45) is 0. The van der Waals surface area contributed by atoms with Crippen LogP contribution in [0.5, 0.6) is 0 Å². The third-order valence-corrected chi connectivity index (χ3v) is 1.68. The number of nitrogens with one attached hydrogen (secondary N) is 2. The largest absolute Gasteiger partial charge is 0.300 e. The van der Waals surface area contributed by atoms with Gasteiger partial charge in [0.25, 0.3) is 0 Å². The number of hydrazine groups is 2. The molecule has 0 aromatic heterocycles. The molecule has 0 amide bonds. The Kier molecular flexibility index (Phi) is 1.24. The number of nitrogens with zero attached hydrogens (tertiary/aromatic N) is 1. The van der Waals surface area contributed by atoms with Crippen molar-refractivity contribution in [1.82, 2.24) is 5.53 Å². The summed E-state index contributed by atoms with van der Waals surface area (Å²) in [6, 6.07) is 5.78. The molecule has 0 saturated heterocycles. The third-order valence-electron chi connectivity index (χ3n) is 1.68. The van der Waals surface area contributed by atoms with Crippen molar-refractivity contribution in [3.63, 3.8) is 0 Å². The van der Waals surface area contributed by atoms with E-state index in [4.69, 9.17) is 5.21 Å². The number of benzene rings is 1. The molecule has 1 aliphatic rings. The first kappa shape index (κ1) is 6.45. The minimum absolute atomic E-state index is 0.755. The van der Waals surface area contributed by atoms with E-state index in [0.29, 0.717) is 0 Å². The van der Waals surface area contributed by atoms with E-state index in [9.17, 15) is 0 Å². The average Bonchev–Trinajstić information content (AvgIpc) is 2.33. The zero-order valence-corrected chi connectivity index (χ0v) is 6.13. The highest BCUT2D eigenvalue weighted by Crippen LogP contribution is 2.27. The second-order valence-electron chi connectivity index (χ2n) is 2.57. The molecule has 0 aliphatic carbocycles. The second kappa shape index (κ2) is 2.11. The maximum Gasteiger partial charge on any atom is 0.109 e. The number of aryl methyl sites for hydroxylation is 1. The Morgan fingerprint density at radius 1 is 1.45 bits per heavy atom. The van der Waals surface area contributed by atoms with Crippen molar-refractivity contribution in [3.05, 3.63) is 23.8 Å². The van der Waals surface area contributed by atoms with Crippen molar-refractivity contribution < 1.29 is 5.21 Å². The lowest BCUT2D eigenvalue weighted by Gasteiger charge is -2.06. The van der Waals surface area contributed by atoms with Gasteiger partial charge in [0.15, 0.2) is 0 Å². The molecule has 1 aromatic carbocycles. The van der Waals surface area contributed by atoms with Crippen molar-refractivity contribution in [1.29, 1.82) is 0 Å². The molecular formula is C7H9N3O. The molecule has 0 radical (unpaired) electrons. The van der Waals surface area contributed by atoms with E-state index in [2.05, 4.69) is 11.0 Å². The molecule has 0 unspecified atom stereocenters. The molecule has 0 fully saturated rings. The SMILES string of the molecule is Cc1ccc2c(c1)N(O)NN2. The minimum Gasteiger partial charge on any atom is -0.300 e. The van der Waals surface area contributed by atoms with Crippen molar-refractivity contribution in [2.75, 3.05) is 10.6 Å². The van der Waals surface area contributed by atoms with Crippen LogP contribution in [0.2, 0.25) is 0 Å². The Hall–Kier alpha value is -1.26. The lowest BCUT2D eigenvalue weighted by molar-refractivity contribution is 0.230. The quantitative estimate of drug-likeness (QED) is 0.518. The lowest BCUT2D eigenvalue weighted by atomic mass is 10.2. The van der Waals surface area contributed by atoms with Gasteiger partial charge in [-0.25, -0.2) is 0 Å². The second-order valence-corrected chi connectivity index (χ2v) is 2.57. The summed E-state index contributed by atoms with van der Waals surface area (Å²) in [4.78, 5) is 0. The first-order valence-corrected chi connectivity index (χ1v) is 3.39. The summed E-state index contributed by atoms with van der Waals surface area (Å²) in [5.41, 5.74) is 8.11. The predicted octanol–water partition coefficient (Wildman–Crippen LogP) is 1.04. The van der Waals surface area contributed by atoms with Crippen LogP contribution in [0.4, 0.5) is 11.4 Å². The number of rotatable bonds is 0. The number of fused-ring (bicyclic) bond motifs is 1. The maximum atomic E-state index is 9.17. The van der Waals surface area contributed by atoms with E-state index < -0.39 is 0 Å². The van der Waals surface area contributed by atoms with Crippen LogP contribution in [0.15, 0.2) is 18.2 Å². The van der Waals surface area contributed by atoms with Gasteiger partial charge in [-0.2, -0.15) is 5.17 Å². The maximum absolute atomic E-state index is 9.17. The van der Waals surface area contributed by atoms with Crippen LogP contribution in [0.1, 0.15) is 5.56 Å². The molecule has 3 N–H and O–H groups in total. The van der Waals surface area contributed by atoms with Gasteiger partial charge >= 0.3 is 0 Å². The molecule has 0 saturated carbocycles. The van der Waals surface area contributed by atoms with E-state index in [-0.39, 0.29) is 0 Å². The van der Waals surface area contributed by atoms with Crippen LogP contribution in [0, 0.1) is 6.92 Å². The number of hydrogen-bond donors (Lipinski definition) is 3. The van der Waals surface area contributed by atoms with Crippen LogP contribution in [-0.2, 0) is 0 Å². The monoisotopic (exact) mass is 151 g/mol. The fourth-order valence-corrected chi connectivity index (χ4v) is 1.10. The fraction of sp³-hybridized carbons (Fsp3) is 0.143. The van der Waals surface area contributed by atoms with Crippen molar-refractivity contribution in [2.24, 2.45) is 0 Å². The van der Waals surface area contributed by atoms with Gasteiger partial charge in [-0.05, 0) is 24.6 Å². The molecule has 2 rings (SSSR count). The first-order chi connectivity index (χ1) is 5.27. The molecule has 0 bridgehead atoms. The Morgan fingerprint density at radius 3 is 3.09 bits per heavy atom. The number of anilines is 2. The number of hydrogen-bond acceptors (Lipinski definition) is 4. The zero-order valence-electron chi connectivity index (χ0n) is 6.13. The highest BCUT2D eigenvalue weighted by molar-refractivity contribution is 5.72. The topological polar surface area (TPSA) is 47.5 Å². The van der Waals surface area contributed by atoms with Crippen LogP contribution in [-0.4, -0.2) is 5.21 Å². The third kappa shape index (κ3) is 0.923. The minimum atomic E-state index is 0.755. The van der Waals surface area contributed by atoms with Gasteiger partial charge < -0.3 is 0 Å². The normalized spacial score (nSPS) is 14.5. The fourth-order valence-electron chi connectivity index (χ4n) is 1.10. The summed E-state index contributed by atoms with van der Waals surface area (Å²) >= 11 is 0. The molecule has 1 aromatic rings. The van der Waals surface area contributed by atoms with Crippen LogP contribution in [0.25, 0.3) is 0 Å². The van der Waals surface area contributed by atoms with Crippen LogP contribution >= 0.6 is 0 Å². The molecule has 0 atom stereocenters. The molecule has 4 heteroatoms. The van der Waals surface area contributed by atoms with E-state index in [1.54, 1.807) is 0 Å². The van der Waals surface area contributed by atoms with E-state index in [1.807, 2.05) is 25.1 Å². The van der Waals surface area contributed by atoms with Crippen molar-refractivity contribution in [2.45, 2.75) is 6.92 Å². The van der Waals surface area contributed by atoms with Gasteiger partial charge in [0.05, 0.1) is 5.69 Å². The van der Waals surface area contributed by atoms with Gasteiger partial charge in [0.1, 0.15) is 5.69 Å². The highest BCUT2D eigenvalue weighted by atomic mass is 16.6. The first-order valence-electron chi connectivity index (χ1n) is 3.39. The lowest BCUT2D eigenvalue weighted by Crippen LogP contribution is -2.32. The summed E-state index contributed by atoms with van der Waals surface area (Å²) in [6.45, 7) is 1.98. The smallest absolute Gasteiger partial charge is 0.109 e. The van der Waals surface area contributed by atoms with E-state index >= 15 is 0 Å². The van der Waals surface area contributed by atoms with Gasteiger partial charge in [-0.15, -0.1) is 5.53 Å². The molecule has 0 spiro atoms. The zero-order chi connectivity index (χ0) is 7.84. The van der Waals surface area contributed by atoms with E-state index in [1.165, 1.54) is 0 Å². The van der Waals surface area contributed by atoms with Crippen LogP contribution in [0.3, 0.4) is 0 Å². The van der Waals surface area contributed by atoms with Gasteiger partial charge in [0, 0.05) is 0 Å². The summed E-state index contributed by atoms with van der Waals surface area (Å²) < 4.78 is 0. The average molecular weight is 151 g/mol. The van der Waals surface area contributed by atoms with Crippen LogP contribution < -0.4 is 16.1 Å². The predicted molar refractivity (Wildman–Crippen MR) is 42.2 cm³/mol. The Bertz CT molecular complexity index is 287. The standard InChI is InChI=1S/C7H9N3O/c1-5-2-3-6-7(4-5)10(11)9-8-6/h2-4,8-9,11H,1H3. The van der Waals surface area contributed by atoms with Crippen molar-refractivity contribution in [3.8, 4) is 0 Å². The molecule has 4 nitrogen and oxygen atoms in total. The Labute approximate surface area is 64.3 Å². The summed E-state index contributed by atoms with van der Waals surface area (Å²) in [5, 5.41) is 10.1. The highest BCUT2D eigenvalue weighted by Gasteiger charge is 2.15. The molecule has 58 valence electrons. The molecular weight excluding hydrogens is 142 g/mol. The van der Waals surface area contributed by atoms with Gasteiger partial charge in [-0.3, -0.25) is 10.6 Å². The Balaban J connectivity index is 2.52. The van der Waals surface area contributed by atoms with E-state index in [0.717, 1.165) is 22.1 Å². The molecule has 1 heterocycles.